The molecule has 0 aliphatic heterocycles. The first kappa shape index (κ1) is 35.1. The van der Waals surface area contributed by atoms with Gasteiger partial charge in [0.05, 0.1) is 12.2 Å². The summed E-state index contributed by atoms with van der Waals surface area (Å²) in [5.74, 6) is -0.677. The first-order chi connectivity index (χ1) is 12.2. The maximum absolute atomic E-state index is 11.5. The number of aryl methyl sites for hydroxylation is 2. The molecule has 0 aliphatic rings. The fourth-order valence-electron chi connectivity index (χ4n) is 2.30. The quantitative estimate of drug-likeness (QED) is 0.298. The van der Waals surface area contributed by atoms with Crippen molar-refractivity contribution in [1.29, 1.82) is 0 Å². The molecule has 0 amide bonds. The second-order valence-corrected chi connectivity index (χ2v) is 6.89. The number of esters is 2. The Morgan fingerprint density at radius 1 is 0.733 bits per heavy atom. The molecule has 0 bridgehead atoms. The van der Waals surface area contributed by atoms with E-state index in [0.29, 0.717) is 11.1 Å². The number of carbonyl (C=O) groups is 2. The summed E-state index contributed by atoms with van der Waals surface area (Å²) in [6, 6.07) is 8.36. The molecule has 0 spiro atoms. The maximum atomic E-state index is 11.5. The van der Waals surface area contributed by atoms with Gasteiger partial charge in [0.15, 0.2) is 0 Å². The Balaban J connectivity index is -0.000000845. The molecule has 1 aromatic rings. The molecular formula is C26H46O4. The van der Waals surface area contributed by atoms with Crippen LogP contribution in [-0.2, 0) is 31.9 Å². The number of rotatable bonds is 10. The SMILES string of the molecule is C.C.C.C.C=C(C)C(=O)OC(C)CCc1ccc(CCC(C)OC(=O)C(=C)C)cc1. The third kappa shape index (κ3) is 13.8. The number of hydrogen-bond acceptors (Lipinski definition) is 4. The van der Waals surface area contributed by atoms with Crippen molar-refractivity contribution in [3.05, 3.63) is 59.7 Å². The first-order valence-electron chi connectivity index (χ1n) is 8.99. The second kappa shape index (κ2) is 17.5. The van der Waals surface area contributed by atoms with Gasteiger partial charge in [0.2, 0.25) is 0 Å². The van der Waals surface area contributed by atoms with E-state index in [1.807, 2.05) is 13.8 Å². The summed E-state index contributed by atoms with van der Waals surface area (Å²) in [5, 5.41) is 0. The van der Waals surface area contributed by atoms with Crippen molar-refractivity contribution in [2.45, 2.75) is 95.3 Å². The van der Waals surface area contributed by atoms with E-state index >= 15 is 0 Å². The molecule has 0 saturated heterocycles. The summed E-state index contributed by atoms with van der Waals surface area (Å²) >= 11 is 0. The van der Waals surface area contributed by atoms with Crippen molar-refractivity contribution in [1.82, 2.24) is 0 Å². The predicted octanol–water partition coefficient (Wildman–Crippen LogP) is 7.11. The van der Waals surface area contributed by atoms with Crippen LogP contribution in [0.5, 0.6) is 0 Å². The van der Waals surface area contributed by atoms with Gasteiger partial charge in [-0.3, -0.25) is 0 Å². The van der Waals surface area contributed by atoms with Crippen molar-refractivity contribution in [2.75, 3.05) is 0 Å². The number of ether oxygens (including phenoxy) is 2. The highest BCUT2D eigenvalue weighted by atomic mass is 16.5. The number of benzene rings is 1. The Labute approximate surface area is 186 Å². The second-order valence-electron chi connectivity index (χ2n) is 6.89. The summed E-state index contributed by atoms with van der Waals surface area (Å²) in [7, 11) is 0. The zero-order chi connectivity index (χ0) is 19.7. The Hall–Kier alpha value is -2.36. The smallest absolute Gasteiger partial charge is 0.333 e. The van der Waals surface area contributed by atoms with Crippen LogP contribution in [-0.4, -0.2) is 24.1 Å². The van der Waals surface area contributed by atoms with Gasteiger partial charge in [0, 0.05) is 11.1 Å². The van der Waals surface area contributed by atoms with Crippen LogP contribution in [0.3, 0.4) is 0 Å². The lowest BCUT2D eigenvalue weighted by atomic mass is 10.0. The zero-order valence-electron chi connectivity index (χ0n) is 16.3. The highest BCUT2D eigenvalue weighted by Crippen LogP contribution is 2.13. The lowest BCUT2D eigenvalue weighted by molar-refractivity contribution is -0.144. The van der Waals surface area contributed by atoms with Crippen LogP contribution in [0, 0.1) is 0 Å². The predicted molar refractivity (Wildman–Crippen MR) is 131 cm³/mol. The molecule has 0 heterocycles. The van der Waals surface area contributed by atoms with Gasteiger partial charge in [-0.1, -0.05) is 67.1 Å². The Morgan fingerprint density at radius 2 is 1.00 bits per heavy atom. The van der Waals surface area contributed by atoms with Crippen molar-refractivity contribution in [3.8, 4) is 0 Å². The molecule has 0 saturated carbocycles. The van der Waals surface area contributed by atoms with Crippen LogP contribution >= 0.6 is 0 Å². The molecule has 2 atom stereocenters. The summed E-state index contributed by atoms with van der Waals surface area (Å²) in [4.78, 5) is 23.0. The monoisotopic (exact) mass is 422 g/mol. The minimum atomic E-state index is -0.339. The van der Waals surface area contributed by atoms with E-state index in [9.17, 15) is 9.59 Å². The van der Waals surface area contributed by atoms with Crippen LogP contribution in [0.1, 0.15) is 81.4 Å². The van der Waals surface area contributed by atoms with Crippen molar-refractivity contribution in [2.24, 2.45) is 0 Å². The fraction of sp³-hybridized carbons (Fsp3) is 0.538. The van der Waals surface area contributed by atoms with Crippen LogP contribution in [0.2, 0.25) is 0 Å². The van der Waals surface area contributed by atoms with E-state index in [0.717, 1.165) is 25.7 Å². The topological polar surface area (TPSA) is 52.6 Å². The molecule has 0 aliphatic carbocycles. The third-order valence-corrected chi connectivity index (χ3v) is 4.02. The van der Waals surface area contributed by atoms with E-state index in [1.165, 1.54) is 11.1 Å². The molecular weight excluding hydrogens is 376 g/mol. The van der Waals surface area contributed by atoms with E-state index < -0.39 is 0 Å². The number of carbonyl (C=O) groups excluding carboxylic acids is 2. The van der Waals surface area contributed by atoms with Gasteiger partial charge in [0.25, 0.3) is 0 Å². The van der Waals surface area contributed by atoms with Gasteiger partial charge in [-0.25, -0.2) is 9.59 Å². The molecule has 174 valence electrons. The van der Waals surface area contributed by atoms with Gasteiger partial charge in [-0.2, -0.15) is 0 Å². The van der Waals surface area contributed by atoms with Gasteiger partial charge >= 0.3 is 11.9 Å². The van der Waals surface area contributed by atoms with Crippen LogP contribution < -0.4 is 0 Å². The van der Waals surface area contributed by atoms with Crippen LogP contribution in [0.4, 0.5) is 0 Å². The van der Waals surface area contributed by atoms with E-state index in [-0.39, 0.29) is 53.9 Å². The molecule has 4 heteroatoms. The van der Waals surface area contributed by atoms with E-state index in [1.54, 1.807) is 13.8 Å². The van der Waals surface area contributed by atoms with Crippen molar-refractivity contribution < 1.29 is 19.1 Å². The molecule has 0 aromatic heterocycles. The Morgan fingerprint density at radius 3 is 1.23 bits per heavy atom. The average Bonchev–Trinajstić information content (AvgIpc) is 2.58. The minimum absolute atomic E-state index is 0. The van der Waals surface area contributed by atoms with Crippen molar-refractivity contribution >= 4 is 11.9 Å². The molecule has 30 heavy (non-hydrogen) atoms. The normalized spacial score (nSPS) is 11.1. The average molecular weight is 423 g/mol. The zero-order valence-corrected chi connectivity index (χ0v) is 16.3. The summed E-state index contributed by atoms with van der Waals surface area (Å²) < 4.78 is 10.6. The lowest BCUT2D eigenvalue weighted by Gasteiger charge is -2.14. The van der Waals surface area contributed by atoms with Crippen molar-refractivity contribution in [3.63, 3.8) is 0 Å². The lowest BCUT2D eigenvalue weighted by Crippen LogP contribution is -2.16. The third-order valence-electron chi connectivity index (χ3n) is 4.02. The summed E-state index contributed by atoms with van der Waals surface area (Å²) in [5.41, 5.74) is 3.25. The highest BCUT2D eigenvalue weighted by molar-refractivity contribution is 5.87. The summed E-state index contributed by atoms with van der Waals surface area (Å²) in [6.45, 7) is 14.2. The Kier molecular flexibility index (Phi) is 20.5. The van der Waals surface area contributed by atoms with Gasteiger partial charge in [-0.05, 0) is 64.5 Å². The molecule has 4 nitrogen and oxygen atoms in total. The van der Waals surface area contributed by atoms with Crippen LogP contribution in [0.15, 0.2) is 48.6 Å². The number of hydrogen-bond donors (Lipinski definition) is 0. The molecule has 0 fully saturated rings. The maximum Gasteiger partial charge on any atom is 0.333 e. The van der Waals surface area contributed by atoms with Gasteiger partial charge in [0.1, 0.15) is 0 Å². The molecule has 1 aromatic carbocycles. The van der Waals surface area contributed by atoms with Crippen LogP contribution in [0.25, 0.3) is 0 Å². The molecule has 0 radical (unpaired) electrons. The summed E-state index contributed by atoms with van der Waals surface area (Å²) in [6.07, 6.45) is 2.96. The minimum Gasteiger partial charge on any atom is -0.459 e. The fourth-order valence-corrected chi connectivity index (χ4v) is 2.30. The van der Waals surface area contributed by atoms with E-state index in [4.69, 9.17) is 9.47 Å². The van der Waals surface area contributed by atoms with Gasteiger partial charge < -0.3 is 9.47 Å². The standard InChI is InChI=1S/C22H30O4.4CH4/c1-15(2)21(23)25-17(5)7-9-19-11-13-20(14-12-19)10-8-18(6)26-22(24)16(3)4;;;;/h11-14,17-18H,1,3,7-10H2,2,4-6H3;4*1H4. The Bertz CT molecular complexity index is 587. The molecule has 1 rings (SSSR count). The molecule has 0 N–H and O–H groups in total. The molecule has 2 unspecified atom stereocenters. The van der Waals surface area contributed by atoms with E-state index in [2.05, 4.69) is 37.4 Å². The largest absolute Gasteiger partial charge is 0.459 e. The highest BCUT2D eigenvalue weighted by Gasteiger charge is 2.11. The van der Waals surface area contributed by atoms with Gasteiger partial charge in [-0.15, -0.1) is 0 Å². The first-order valence-corrected chi connectivity index (χ1v) is 8.99.